The van der Waals surface area contributed by atoms with E-state index in [-0.39, 0.29) is 28.6 Å². The summed E-state index contributed by atoms with van der Waals surface area (Å²) in [4.78, 5) is 26.1. The predicted molar refractivity (Wildman–Crippen MR) is 77.0 cm³/mol. The van der Waals surface area contributed by atoms with Gasteiger partial charge < -0.3 is 15.2 Å². The number of likely N-dealkylation sites (N-methyl/N-ethyl adjacent to an activating group) is 1. The van der Waals surface area contributed by atoms with Gasteiger partial charge in [0.1, 0.15) is 11.5 Å². The van der Waals surface area contributed by atoms with Gasteiger partial charge in [-0.2, -0.15) is 0 Å². The molecule has 1 aromatic heterocycles. The van der Waals surface area contributed by atoms with Crippen LogP contribution in [0.25, 0.3) is 0 Å². The summed E-state index contributed by atoms with van der Waals surface area (Å²) in [7, 11) is 0. The molecule has 102 valence electrons. The van der Waals surface area contributed by atoms with Crippen molar-refractivity contribution in [2.24, 2.45) is 5.73 Å². The van der Waals surface area contributed by atoms with Gasteiger partial charge in [-0.15, -0.1) is 0 Å². The molecule has 2 N–H and O–H groups in total. The molecule has 5 nitrogen and oxygen atoms in total. The molecule has 0 unspecified atom stereocenters. The van der Waals surface area contributed by atoms with E-state index in [4.69, 9.17) is 18.0 Å². The third kappa shape index (κ3) is 3.01. The van der Waals surface area contributed by atoms with Crippen LogP contribution in [0, 0.1) is 0 Å². The lowest BCUT2D eigenvalue weighted by molar-refractivity contribution is -0.132. The van der Waals surface area contributed by atoms with Crippen LogP contribution in [0.3, 0.4) is 0 Å². The summed E-state index contributed by atoms with van der Waals surface area (Å²) in [5.41, 5.74) is 5.45. The van der Waals surface area contributed by atoms with Crippen LogP contribution in [0.2, 0.25) is 0 Å². The number of pyridine rings is 1. The number of hydrogen-bond acceptors (Lipinski definition) is 3. The average molecular weight is 279 g/mol. The van der Waals surface area contributed by atoms with Gasteiger partial charge >= 0.3 is 0 Å². The average Bonchev–Trinajstić information content (AvgIpc) is 3.17. The normalized spacial score (nSPS) is 14.2. The number of rotatable bonds is 5. The van der Waals surface area contributed by atoms with Crippen molar-refractivity contribution in [3.05, 3.63) is 34.2 Å². The van der Waals surface area contributed by atoms with Crippen molar-refractivity contribution >= 4 is 23.1 Å². The molecule has 0 aromatic carbocycles. The van der Waals surface area contributed by atoms with Crippen molar-refractivity contribution in [3.63, 3.8) is 0 Å². The first kappa shape index (κ1) is 13.7. The van der Waals surface area contributed by atoms with E-state index in [9.17, 15) is 9.59 Å². The summed E-state index contributed by atoms with van der Waals surface area (Å²) in [5.74, 6) is -0.0350. The zero-order valence-electron chi connectivity index (χ0n) is 10.8. The molecule has 2 rings (SSSR count). The van der Waals surface area contributed by atoms with Crippen LogP contribution in [0.1, 0.15) is 25.3 Å². The Kier molecular flexibility index (Phi) is 3.99. The minimum atomic E-state index is -0.310. The third-order valence-electron chi connectivity index (χ3n) is 3.24. The van der Waals surface area contributed by atoms with Crippen LogP contribution in [0.15, 0.2) is 23.1 Å². The first-order chi connectivity index (χ1) is 9.04. The monoisotopic (exact) mass is 279 g/mol. The maximum atomic E-state index is 12.2. The Labute approximate surface area is 117 Å². The van der Waals surface area contributed by atoms with E-state index in [0.717, 1.165) is 12.8 Å². The summed E-state index contributed by atoms with van der Waals surface area (Å²) in [6.45, 7) is 2.66. The summed E-state index contributed by atoms with van der Waals surface area (Å²) >= 11 is 4.82. The van der Waals surface area contributed by atoms with Crippen LogP contribution in [0.5, 0.6) is 0 Å². The van der Waals surface area contributed by atoms with Crippen LogP contribution in [0.4, 0.5) is 0 Å². The van der Waals surface area contributed by atoms with E-state index in [1.54, 1.807) is 18.3 Å². The first-order valence-corrected chi connectivity index (χ1v) is 6.74. The fraction of sp³-hybridized carbons (Fsp3) is 0.462. The highest BCUT2D eigenvalue weighted by Gasteiger charge is 2.31. The van der Waals surface area contributed by atoms with Crippen molar-refractivity contribution in [2.45, 2.75) is 32.4 Å². The lowest BCUT2D eigenvalue weighted by atomic mass is 10.2. The van der Waals surface area contributed by atoms with Gasteiger partial charge in [-0.25, -0.2) is 0 Å². The largest absolute Gasteiger partial charge is 0.389 e. The number of nitrogens with two attached hydrogens (primary N) is 1. The Balaban J connectivity index is 2.19. The zero-order valence-corrected chi connectivity index (χ0v) is 11.7. The number of hydrogen-bond donors (Lipinski definition) is 1. The van der Waals surface area contributed by atoms with Gasteiger partial charge in [0.25, 0.3) is 5.56 Å². The lowest BCUT2D eigenvalue weighted by Gasteiger charge is -2.20. The topological polar surface area (TPSA) is 68.3 Å². The predicted octanol–water partition coefficient (Wildman–Crippen LogP) is 0.493. The molecule has 1 amide bonds. The number of carbonyl (C=O) groups excluding carboxylic acids is 1. The Hall–Kier alpha value is -1.69. The Bertz CT molecular complexity index is 563. The smallest absolute Gasteiger partial charge is 0.261 e. The van der Waals surface area contributed by atoms with Crippen molar-refractivity contribution in [1.29, 1.82) is 0 Å². The molecule has 6 heteroatoms. The second-order valence-corrected chi connectivity index (χ2v) is 5.07. The van der Waals surface area contributed by atoms with E-state index in [2.05, 4.69) is 0 Å². The Morgan fingerprint density at radius 3 is 2.79 bits per heavy atom. The number of aromatic nitrogens is 1. The first-order valence-electron chi connectivity index (χ1n) is 6.33. The van der Waals surface area contributed by atoms with Crippen molar-refractivity contribution in [2.75, 3.05) is 6.54 Å². The molecule has 1 aliphatic rings. The lowest BCUT2D eigenvalue weighted by Crippen LogP contribution is -2.38. The molecule has 1 heterocycles. The Morgan fingerprint density at radius 2 is 2.26 bits per heavy atom. The molecule has 0 spiro atoms. The van der Waals surface area contributed by atoms with Crippen LogP contribution >= 0.6 is 12.2 Å². The molecule has 0 atom stereocenters. The highest BCUT2D eigenvalue weighted by molar-refractivity contribution is 7.80. The summed E-state index contributed by atoms with van der Waals surface area (Å²) in [6, 6.07) is 3.60. The summed E-state index contributed by atoms with van der Waals surface area (Å²) in [5, 5.41) is 0. The number of carbonyl (C=O) groups is 1. The van der Waals surface area contributed by atoms with Crippen molar-refractivity contribution in [1.82, 2.24) is 9.47 Å². The van der Waals surface area contributed by atoms with Gasteiger partial charge in [-0.1, -0.05) is 12.2 Å². The number of nitrogens with zero attached hydrogens (tertiary/aromatic N) is 2. The molecular formula is C13H17N3O2S. The van der Waals surface area contributed by atoms with E-state index >= 15 is 0 Å². The third-order valence-corrected chi connectivity index (χ3v) is 3.46. The van der Waals surface area contributed by atoms with E-state index in [0.29, 0.717) is 12.6 Å². The van der Waals surface area contributed by atoms with Gasteiger partial charge in [-0.3, -0.25) is 9.59 Å². The second-order valence-electron chi connectivity index (χ2n) is 4.63. The van der Waals surface area contributed by atoms with Gasteiger partial charge in [-0.05, 0) is 31.9 Å². The molecule has 1 saturated carbocycles. The number of thiocarbonyl (C=S) groups is 1. The number of amides is 1. The highest BCUT2D eigenvalue weighted by Crippen LogP contribution is 2.26. The van der Waals surface area contributed by atoms with E-state index in [1.807, 2.05) is 11.8 Å². The second kappa shape index (κ2) is 5.52. The highest BCUT2D eigenvalue weighted by atomic mass is 32.1. The van der Waals surface area contributed by atoms with E-state index < -0.39 is 0 Å². The van der Waals surface area contributed by atoms with Crippen molar-refractivity contribution in [3.8, 4) is 0 Å². The fourth-order valence-corrected chi connectivity index (χ4v) is 2.27. The zero-order chi connectivity index (χ0) is 14.0. The summed E-state index contributed by atoms with van der Waals surface area (Å²) < 4.78 is 1.36. The molecule has 0 radical (unpaired) electrons. The van der Waals surface area contributed by atoms with Gasteiger partial charge in [0.15, 0.2) is 0 Å². The Morgan fingerprint density at radius 1 is 1.58 bits per heavy atom. The molecule has 1 aliphatic carbocycles. The molecule has 0 saturated heterocycles. The van der Waals surface area contributed by atoms with Crippen LogP contribution < -0.4 is 11.3 Å². The molecule has 1 aromatic rings. The molecule has 0 aliphatic heterocycles. The van der Waals surface area contributed by atoms with Crippen molar-refractivity contribution < 1.29 is 4.79 Å². The minimum Gasteiger partial charge on any atom is -0.389 e. The van der Waals surface area contributed by atoms with Crippen LogP contribution in [-0.4, -0.2) is 32.9 Å². The van der Waals surface area contributed by atoms with E-state index in [1.165, 1.54) is 4.57 Å². The fourth-order valence-electron chi connectivity index (χ4n) is 2.11. The van der Waals surface area contributed by atoms with Gasteiger partial charge in [0.2, 0.25) is 5.91 Å². The quantitative estimate of drug-likeness (QED) is 0.797. The SMILES string of the molecule is CCN(C(=O)Cn1cccc(C(N)=S)c1=O)C1CC1. The molecular weight excluding hydrogens is 262 g/mol. The molecule has 19 heavy (non-hydrogen) atoms. The van der Waals surface area contributed by atoms with Gasteiger partial charge in [0.05, 0.1) is 5.56 Å². The van der Waals surface area contributed by atoms with Crippen LogP contribution in [-0.2, 0) is 11.3 Å². The standard InChI is InChI=1S/C13H17N3O2S/c1-2-16(9-5-6-9)11(17)8-15-7-3-4-10(12(14)19)13(15)18/h3-4,7,9H,2,5-6,8H2,1H3,(H2,14,19). The maximum absolute atomic E-state index is 12.2. The maximum Gasteiger partial charge on any atom is 0.261 e. The molecule has 0 bridgehead atoms. The van der Waals surface area contributed by atoms with Gasteiger partial charge in [0, 0.05) is 18.8 Å². The minimum absolute atomic E-state index is 0.0350. The summed E-state index contributed by atoms with van der Waals surface area (Å²) in [6.07, 6.45) is 3.70. The molecule has 1 fully saturated rings.